The Morgan fingerprint density at radius 1 is 1.05 bits per heavy atom. The zero-order valence-electron chi connectivity index (χ0n) is 12.2. The first-order valence-corrected chi connectivity index (χ1v) is 8.52. The number of hydrogen-bond acceptors (Lipinski definition) is 1. The second-order valence-corrected chi connectivity index (χ2v) is 8.11. The third-order valence-corrected chi connectivity index (χ3v) is 7.27. The van der Waals surface area contributed by atoms with Crippen LogP contribution in [0.15, 0.2) is 12.2 Å². The van der Waals surface area contributed by atoms with E-state index in [1.807, 2.05) is 0 Å². The van der Waals surface area contributed by atoms with Crippen LogP contribution in [0.5, 0.6) is 0 Å². The quantitative estimate of drug-likeness (QED) is 0.648. The second kappa shape index (κ2) is 4.35. The summed E-state index contributed by atoms with van der Waals surface area (Å²) in [7, 11) is 0. The van der Waals surface area contributed by atoms with E-state index in [4.69, 9.17) is 0 Å². The molecule has 0 aromatic carbocycles. The Balaban J connectivity index is 1.66. The first-order chi connectivity index (χ1) is 9.19. The summed E-state index contributed by atoms with van der Waals surface area (Å²) in [4.78, 5) is 0. The molecule has 0 bridgehead atoms. The van der Waals surface area contributed by atoms with Crippen LogP contribution < -0.4 is 0 Å². The normalized spacial score (nSPS) is 56.3. The van der Waals surface area contributed by atoms with Gasteiger partial charge in [0, 0.05) is 0 Å². The van der Waals surface area contributed by atoms with Gasteiger partial charge in [0.05, 0.1) is 6.10 Å². The van der Waals surface area contributed by atoms with Gasteiger partial charge in [-0.2, -0.15) is 0 Å². The van der Waals surface area contributed by atoms with E-state index in [1.165, 1.54) is 44.9 Å². The van der Waals surface area contributed by atoms with Gasteiger partial charge in [-0.3, -0.25) is 0 Å². The Kier molecular flexibility index (Phi) is 2.85. The number of aliphatic hydroxyl groups excluding tert-OH is 1. The van der Waals surface area contributed by atoms with Gasteiger partial charge in [-0.05, 0) is 80.0 Å². The molecule has 0 unspecified atom stereocenters. The van der Waals surface area contributed by atoms with Crippen molar-refractivity contribution in [3.8, 4) is 0 Å². The van der Waals surface area contributed by atoms with E-state index in [0.717, 1.165) is 30.1 Å². The molecule has 4 aliphatic rings. The summed E-state index contributed by atoms with van der Waals surface area (Å²) >= 11 is 0. The molecule has 106 valence electrons. The highest BCUT2D eigenvalue weighted by Gasteiger charge is 2.56. The van der Waals surface area contributed by atoms with Crippen LogP contribution in [0.3, 0.4) is 0 Å². The molecule has 0 aromatic heterocycles. The molecule has 3 saturated carbocycles. The zero-order valence-corrected chi connectivity index (χ0v) is 12.2. The Labute approximate surface area is 117 Å². The van der Waals surface area contributed by atoms with Gasteiger partial charge in [0.1, 0.15) is 0 Å². The van der Waals surface area contributed by atoms with E-state index in [2.05, 4.69) is 19.1 Å². The molecule has 1 heteroatoms. The molecule has 0 amide bonds. The van der Waals surface area contributed by atoms with Gasteiger partial charge in [-0.15, -0.1) is 0 Å². The summed E-state index contributed by atoms with van der Waals surface area (Å²) < 4.78 is 0. The van der Waals surface area contributed by atoms with Crippen LogP contribution in [0.1, 0.15) is 58.3 Å². The molecule has 4 rings (SSSR count). The summed E-state index contributed by atoms with van der Waals surface area (Å²) in [6.07, 6.45) is 15.4. The average molecular weight is 260 g/mol. The lowest BCUT2D eigenvalue weighted by Crippen LogP contribution is -2.52. The van der Waals surface area contributed by atoms with E-state index < -0.39 is 0 Å². The highest BCUT2D eigenvalue weighted by atomic mass is 16.3. The van der Waals surface area contributed by atoms with Crippen molar-refractivity contribution in [1.82, 2.24) is 0 Å². The fourth-order valence-electron chi connectivity index (χ4n) is 6.51. The molecular formula is C18H28O. The van der Waals surface area contributed by atoms with E-state index in [0.29, 0.717) is 11.3 Å². The highest BCUT2D eigenvalue weighted by Crippen LogP contribution is 2.61. The number of rotatable bonds is 0. The molecule has 1 nitrogen and oxygen atoms in total. The lowest BCUT2D eigenvalue weighted by atomic mass is 9.50. The van der Waals surface area contributed by atoms with Crippen molar-refractivity contribution >= 4 is 0 Å². The molecule has 3 fully saturated rings. The van der Waals surface area contributed by atoms with Crippen LogP contribution in [-0.4, -0.2) is 11.2 Å². The second-order valence-electron chi connectivity index (χ2n) is 8.11. The molecule has 0 aliphatic heterocycles. The topological polar surface area (TPSA) is 20.2 Å². The van der Waals surface area contributed by atoms with Crippen molar-refractivity contribution in [2.75, 3.05) is 0 Å². The number of fused-ring (bicyclic) bond motifs is 5. The van der Waals surface area contributed by atoms with Gasteiger partial charge in [-0.1, -0.05) is 25.5 Å². The monoisotopic (exact) mass is 260 g/mol. The summed E-state index contributed by atoms with van der Waals surface area (Å²) in [6.45, 7) is 2.47. The molecular weight excluding hydrogens is 232 g/mol. The molecule has 0 heterocycles. The van der Waals surface area contributed by atoms with Gasteiger partial charge >= 0.3 is 0 Å². The molecule has 0 saturated heterocycles. The summed E-state index contributed by atoms with van der Waals surface area (Å²) in [5.41, 5.74) is 0.470. The van der Waals surface area contributed by atoms with Crippen molar-refractivity contribution in [1.29, 1.82) is 0 Å². The van der Waals surface area contributed by atoms with E-state index in [-0.39, 0.29) is 6.10 Å². The number of hydrogen-bond donors (Lipinski definition) is 1. The highest BCUT2D eigenvalue weighted by molar-refractivity contribution is 5.08. The van der Waals surface area contributed by atoms with Gasteiger partial charge in [0.2, 0.25) is 0 Å². The SMILES string of the molecule is C[C@@]12CCC[C@H]1[C@@H]1CC[C@H]3CC=CC[C@@H]3[C@H]1[C@@H](O)C2. The third-order valence-electron chi connectivity index (χ3n) is 7.27. The number of allylic oxidation sites excluding steroid dienone is 2. The molecule has 0 aromatic rings. The van der Waals surface area contributed by atoms with Crippen molar-refractivity contribution in [2.24, 2.45) is 35.0 Å². The molecule has 19 heavy (non-hydrogen) atoms. The Bertz CT molecular complexity index is 387. The Morgan fingerprint density at radius 3 is 2.79 bits per heavy atom. The van der Waals surface area contributed by atoms with Crippen molar-refractivity contribution < 1.29 is 5.11 Å². The Hall–Kier alpha value is -0.300. The van der Waals surface area contributed by atoms with Crippen LogP contribution in [0.25, 0.3) is 0 Å². The zero-order chi connectivity index (χ0) is 13.0. The minimum atomic E-state index is -0.0105. The van der Waals surface area contributed by atoms with Crippen LogP contribution in [0.4, 0.5) is 0 Å². The van der Waals surface area contributed by atoms with E-state index in [9.17, 15) is 5.11 Å². The predicted octanol–water partition coefficient (Wildman–Crippen LogP) is 4.17. The lowest BCUT2D eigenvalue weighted by Gasteiger charge is -2.56. The maximum Gasteiger partial charge on any atom is 0.0579 e. The molecule has 4 aliphatic carbocycles. The molecule has 0 radical (unpaired) electrons. The van der Waals surface area contributed by atoms with Crippen LogP contribution >= 0.6 is 0 Å². The first kappa shape index (κ1) is 12.4. The van der Waals surface area contributed by atoms with Gasteiger partial charge in [-0.25, -0.2) is 0 Å². The molecule has 0 spiro atoms. The van der Waals surface area contributed by atoms with E-state index in [1.54, 1.807) is 0 Å². The fraction of sp³-hybridized carbons (Fsp3) is 0.889. The third kappa shape index (κ3) is 1.77. The van der Waals surface area contributed by atoms with Crippen molar-refractivity contribution in [2.45, 2.75) is 64.4 Å². The minimum absolute atomic E-state index is 0.0105. The first-order valence-electron chi connectivity index (χ1n) is 8.52. The van der Waals surface area contributed by atoms with Gasteiger partial charge < -0.3 is 5.11 Å². The predicted molar refractivity (Wildman–Crippen MR) is 77.6 cm³/mol. The lowest BCUT2D eigenvalue weighted by molar-refractivity contribution is -0.115. The Morgan fingerprint density at radius 2 is 1.89 bits per heavy atom. The fourth-order valence-corrected chi connectivity index (χ4v) is 6.51. The van der Waals surface area contributed by atoms with Gasteiger partial charge in [0.15, 0.2) is 0 Å². The van der Waals surface area contributed by atoms with Crippen LogP contribution in [0.2, 0.25) is 0 Å². The van der Waals surface area contributed by atoms with Crippen LogP contribution in [-0.2, 0) is 0 Å². The average Bonchev–Trinajstić information content (AvgIpc) is 2.79. The number of aliphatic hydroxyl groups is 1. The maximum absolute atomic E-state index is 10.8. The minimum Gasteiger partial charge on any atom is -0.393 e. The molecule has 1 N–H and O–H groups in total. The smallest absolute Gasteiger partial charge is 0.0579 e. The van der Waals surface area contributed by atoms with Crippen LogP contribution in [0, 0.1) is 35.0 Å². The molecule has 7 atom stereocenters. The maximum atomic E-state index is 10.8. The van der Waals surface area contributed by atoms with E-state index >= 15 is 0 Å². The van der Waals surface area contributed by atoms with Crippen molar-refractivity contribution in [3.63, 3.8) is 0 Å². The van der Waals surface area contributed by atoms with Gasteiger partial charge in [0.25, 0.3) is 0 Å². The van der Waals surface area contributed by atoms with Crippen molar-refractivity contribution in [3.05, 3.63) is 12.2 Å². The summed E-state index contributed by atoms with van der Waals surface area (Å²) in [6, 6.07) is 0. The summed E-state index contributed by atoms with van der Waals surface area (Å²) in [5, 5.41) is 10.8. The standard InChI is InChI=1S/C18H28O/c1-18-10-4-7-15(18)14-9-8-12-5-2-3-6-13(12)17(14)16(19)11-18/h2-3,12-17,19H,4-11H2,1H3/t12-,13+,14+,15+,16+,17-,18+/m1/s1. The largest absolute Gasteiger partial charge is 0.393 e. The summed E-state index contributed by atoms with van der Waals surface area (Å²) in [5.74, 6) is 4.06.